The van der Waals surface area contributed by atoms with Crippen LogP contribution in [0.25, 0.3) is 0 Å². The summed E-state index contributed by atoms with van der Waals surface area (Å²) in [6.45, 7) is -1.25. The van der Waals surface area contributed by atoms with Gasteiger partial charge in [0.05, 0.1) is 11.9 Å². The summed E-state index contributed by atoms with van der Waals surface area (Å²) in [6.07, 6.45) is 0. The van der Waals surface area contributed by atoms with Crippen LogP contribution in [0.3, 0.4) is 0 Å². The quantitative estimate of drug-likeness (QED) is 0.618. The summed E-state index contributed by atoms with van der Waals surface area (Å²) in [5, 5.41) is 0. The predicted molar refractivity (Wildman–Crippen MR) is 62.3 cm³/mol. The third-order valence-corrected chi connectivity index (χ3v) is 2.44. The maximum Gasteiger partial charge on any atom is 0.387 e. The lowest BCUT2D eigenvalue weighted by atomic mass is 10.1. The molecule has 0 bridgehead atoms. The van der Waals surface area contributed by atoms with E-state index in [1.165, 1.54) is 25.3 Å². The highest BCUT2D eigenvalue weighted by Gasteiger charge is 2.16. The van der Waals surface area contributed by atoms with E-state index in [2.05, 4.69) is 20.7 Å². The minimum Gasteiger partial charge on any atom is -0.493 e. The van der Waals surface area contributed by atoms with Gasteiger partial charge in [-0.15, -0.1) is 0 Å². The molecular weight excluding hydrogens is 298 g/mol. The lowest BCUT2D eigenvalue weighted by Gasteiger charge is -2.11. The second-order valence-corrected chi connectivity index (χ2v) is 4.60. The zero-order valence-corrected chi connectivity index (χ0v) is 10.8. The standard InChI is InChI=1S/C11H11BrF2O3/c1-6(12)10(15)7-3-4-8(17-11(13)14)9(5-7)16-2/h3-6,11H,1-2H3. The smallest absolute Gasteiger partial charge is 0.387 e. The lowest BCUT2D eigenvalue weighted by molar-refractivity contribution is -0.0512. The number of hydrogen-bond donors (Lipinski definition) is 0. The molecule has 1 rings (SSSR count). The average Bonchev–Trinajstić information content (AvgIpc) is 2.27. The normalized spacial score (nSPS) is 12.4. The summed E-state index contributed by atoms with van der Waals surface area (Å²) in [5.41, 5.74) is 0.368. The summed E-state index contributed by atoms with van der Waals surface area (Å²) in [5.74, 6) is -0.155. The number of alkyl halides is 3. The first kappa shape index (κ1) is 13.9. The molecule has 1 aromatic rings. The number of Topliss-reactive ketones (excluding diaryl/α,β-unsaturated/α-hetero) is 1. The van der Waals surface area contributed by atoms with Crippen LogP contribution in [0.5, 0.6) is 11.5 Å². The van der Waals surface area contributed by atoms with Crippen molar-refractivity contribution in [1.82, 2.24) is 0 Å². The first-order chi connectivity index (χ1) is 7.95. The van der Waals surface area contributed by atoms with Crippen LogP contribution >= 0.6 is 15.9 Å². The fourth-order valence-electron chi connectivity index (χ4n) is 1.24. The highest BCUT2D eigenvalue weighted by atomic mass is 79.9. The molecule has 1 atom stereocenters. The fourth-order valence-corrected chi connectivity index (χ4v) is 1.51. The molecule has 0 aromatic heterocycles. The van der Waals surface area contributed by atoms with E-state index >= 15 is 0 Å². The monoisotopic (exact) mass is 308 g/mol. The molecule has 0 spiro atoms. The Morgan fingerprint density at radius 1 is 1.35 bits per heavy atom. The van der Waals surface area contributed by atoms with E-state index in [1.807, 2.05) is 0 Å². The van der Waals surface area contributed by atoms with Gasteiger partial charge in [-0.25, -0.2) is 0 Å². The highest BCUT2D eigenvalue weighted by Crippen LogP contribution is 2.30. The Bertz CT molecular complexity index is 408. The summed E-state index contributed by atoms with van der Waals surface area (Å²) < 4.78 is 33.3. The molecule has 0 radical (unpaired) electrons. The molecule has 1 unspecified atom stereocenters. The number of rotatable bonds is 5. The minimum atomic E-state index is -2.93. The van der Waals surface area contributed by atoms with Crippen molar-refractivity contribution in [2.24, 2.45) is 0 Å². The summed E-state index contributed by atoms with van der Waals surface area (Å²) >= 11 is 3.14. The molecule has 94 valence electrons. The molecule has 0 aliphatic carbocycles. The molecule has 0 heterocycles. The van der Waals surface area contributed by atoms with Gasteiger partial charge in [0.1, 0.15) is 0 Å². The second kappa shape index (κ2) is 5.95. The number of hydrogen-bond acceptors (Lipinski definition) is 3. The van der Waals surface area contributed by atoms with Gasteiger partial charge in [-0.2, -0.15) is 8.78 Å². The molecule has 0 saturated heterocycles. The van der Waals surface area contributed by atoms with Crippen LogP contribution < -0.4 is 9.47 Å². The zero-order chi connectivity index (χ0) is 13.0. The maximum absolute atomic E-state index is 12.1. The third kappa shape index (κ3) is 3.66. The third-order valence-electron chi connectivity index (χ3n) is 2.03. The van der Waals surface area contributed by atoms with E-state index in [9.17, 15) is 13.6 Å². The number of benzene rings is 1. The number of methoxy groups -OCH3 is 1. The molecule has 0 aliphatic heterocycles. The van der Waals surface area contributed by atoms with E-state index < -0.39 is 6.61 Å². The molecule has 0 amide bonds. The van der Waals surface area contributed by atoms with Gasteiger partial charge in [0, 0.05) is 5.56 Å². The van der Waals surface area contributed by atoms with Gasteiger partial charge in [0.15, 0.2) is 17.3 Å². The Kier molecular flexibility index (Phi) is 4.86. The minimum absolute atomic E-state index is 0.0960. The lowest BCUT2D eigenvalue weighted by Crippen LogP contribution is -2.10. The largest absolute Gasteiger partial charge is 0.493 e. The van der Waals surface area contributed by atoms with E-state index in [0.717, 1.165) is 0 Å². The van der Waals surface area contributed by atoms with Crippen molar-refractivity contribution in [3.63, 3.8) is 0 Å². The van der Waals surface area contributed by atoms with Gasteiger partial charge in [-0.3, -0.25) is 4.79 Å². The van der Waals surface area contributed by atoms with Gasteiger partial charge >= 0.3 is 6.61 Å². The van der Waals surface area contributed by atoms with Crippen LogP contribution in [0, 0.1) is 0 Å². The van der Waals surface area contributed by atoms with Crippen LogP contribution in [-0.2, 0) is 0 Å². The molecule has 1 aromatic carbocycles. The van der Waals surface area contributed by atoms with Crippen molar-refractivity contribution in [1.29, 1.82) is 0 Å². The van der Waals surface area contributed by atoms with Gasteiger partial charge in [-0.05, 0) is 25.1 Å². The van der Waals surface area contributed by atoms with E-state index in [1.54, 1.807) is 6.92 Å². The molecule has 0 N–H and O–H groups in total. The molecular formula is C11H11BrF2O3. The molecule has 0 fully saturated rings. The number of ether oxygens (including phenoxy) is 2. The number of halogens is 3. The van der Waals surface area contributed by atoms with Crippen LogP contribution in [-0.4, -0.2) is 24.3 Å². The summed E-state index contributed by atoms with van der Waals surface area (Å²) in [7, 11) is 1.32. The van der Waals surface area contributed by atoms with E-state index in [0.29, 0.717) is 5.56 Å². The van der Waals surface area contributed by atoms with Gasteiger partial charge < -0.3 is 9.47 Å². The Morgan fingerprint density at radius 2 is 2.00 bits per heavy atom. The summed E-state index contributed by atoms with van der Waals surface area (Å²) in [6, 6.07) is 4.08. The van der Waals surface area contributed by atoms with Crippen molar-refractivity contribution < 1.29 is 23.0 Å². The van der Waals surface area contributed by atoms with Crippen LogP contribution in [0.1, 0.15) is 17.3 Å². The SMILES string of the molecule is COc1cc(C(=O)C(C)Br)ccc1OC(F)F. The van der Waals surface area contributed by atoms with Crippen molar-refractivity contribution >= 4 is 21.7 Å². The Labute approximate surface area is 106 Å². The average molecular weight is 309 g/mol. The molecule has 6 heteroatoms. The van der Waals surface area contributed by atoms with Gasteiger partial charge in [0.2, 0.25) is 0 Å². The Hall–Kier alpha value is -1.17. The molecule has 0 aliphatic rings. The number of carbonyl (C=O) groups excluding carboxylic acids is 1. The van der Waals surface area contributed by atoms with Crippen LogP contribution in [0.15, 0.2) is 18.2 Å². The predicted octanol–water partition coefficient (Wildman–Crippen LogP) is 3.26. The number of ketones is 1. The molecule has 0 saturated carbocycles. The first-order valence-electron chi connectivity index (χ1n) is 4.77. The van der Waals surface area contributed by atoms with Crippen molar-refractivity contribution in [3.8, 4) is 11.5 Å². The Balaban J connectivity index is 3.04. The van der Waals surface area contributed by atoms with Crippen LogP contribution in [0.2, 0.25) is 0 Å². The fraction of sp³-hybridized carbons (Fsp3) is 0.364. The molecule has 3 nitrogen and oxygen atoms in total. The highest BCUT2D eigenvalue weighted by molar-refractivity contribution is 9.10. The van der Waals surface area contributed by atoms with E-state index in [-0.39, 0.29) is 22.1 Å². The first-order valence-corrected chi connectivity index (χ1v) is 5.68. The topological polar surface area (TPSA) is 35.5 Å². The van der Waals surface area contributed by atoms with Gasteiger partial charge in [-0.1, -0.05) is 15.9 Å². The molecule has 17 heavy (non-hydrogen) atoms. The van der Waals surface area contributed by atoms with Crippen LogP contribution in [0.4, 0.5) is 8.78 Å². The van der Waals surface area contributed by atoms with Crippen molar-refractivity contribution in [2.75, 3.05) is 7.11 Å². The van der Waals surface area contributed by atoms with Crippen molar-refractivity contribution in [3.05, 3.63) is 23.8 Å². The van der Waals surface area contributed by atoms with Crippen molar-refractivity contribution in [2.45, 2.75) is 18.4 Å². The van der Waals surface area contributed by atoms with Gasteiger partial charge in [0.25, 0.3) is 0 Å². The summed E-state index contributed by atoms with van der Waals surface area (Å²) in [4.78, 5) is 11.3. The zero-order valence-electron chi connectivity index (χ0n) is 9.25. The Morgan fingerprint density at radius 3 is 2.47 bits per heavy atom. The van der Waals surface area contributed by atoms with E-state index in [4.69, 9.17) is 4.74 Å². The second-order valence-electron chi connectivity index (χ2n) is 3.22. The number of carbonyl (C=O) groups is 1. The maximum atomic E-state index is 12.1.